The summed E-state index contributed by atoms with van der Waals surface area (Å²) in [6.45, 7) is 0.0711. The molecule has 0 radical (unpaired) electrons. The van der Waals surface area contributed by atoms with Crippen molar-refractivity contribution in [3.8, 4) is 5.75 Å². The van der Waals surface area contributed by atoms with Gasteiger partial charge in [-0.3, -0.25) is 0 Å². The van der Waals surface area contributed by atoms with Crippen LogP contribution in [0.1, 0.15) is 12.0 Å². The SMILES string of the molecule is OCC(CO)(CCOc1ccccc1)c1cccc(Cl)c1. The van der Waals surface area contributed by atoms with E-state index in [9.17, 15) is 10.2 Å². The van der Waals surface area contributed by atoms with E-state index in [1.165, 1.54) is 0 Å². The summed E-state index contributed by atoms with van der Waals surface area (Å²) in [5.41, 5.74) is 0.0660. The normalized spacial score (nSPS) is 11.4. The Balaban J connectivity index is 2.08. The Hall–Kier alpha value is -1.55. The number of aliphatic hydroxyl groups excluding tert-OH is 2. The van der Waals surface area contributed by atoms with E-state index in [-0.39, 0.29) is 13.2 Å². The van der Waals surface area contributed by atoms with E-state index in [1.807, 2.05) is 42.5 Å². The molecule has 0 aromatic heterocycles. The van der Waals surface area contributed by atoms with Crippen molar-refractivity contribution >= 4 is 11.6 Å². The first-order chi connectivity index (χ1) is 10.2. The second-order valence-corrected chi connectivity index (χ2v) is 5.45. The van der Waals surface area contributed by atoms with Crippen LogP contribution in [-0.2, 0) is 5.41 Å². The summed E-state index contributed by atoms with van der Waals surface area (Å²) in [6, 6.07) is 16.7. The van der Waals surface area contributed by atoms with Crippen molar-refractivity contribution in [2.45, 2.75) is 11.8 Å². The third kappa shape index (κ3) is 3.97. The highest BCUT2D eigenvalue weighted by atomic mass is 35.5. The van der Waals surface area contributed by atoms with Crippen molar-refractivity contribution in [2.24, 2.45) is 0 Å². The quantitative estimate of drug-likeness (QED) is 0.826. The van der Waals surface area contributed by atoms with E-state index in [0.717, 1.165) is 11.3 Å². The monoisotopic (exact) mass is 306 g/mol. The van der Waals surface area contributed by atoms with Crippen LogP contribution < -0.4 is 4.74 Å². The predicted molar refractivity (Wildman–Crippen MR) is 83.9 cm³/mol. The molecule has 3 nitrogen and oxygen atoms in total. The van der Waals surface area contributed by atoms with Crippen molar-refractivity contribution in [1.29, 1.82) is 0 Å². The number of aliphatic hydroxyl groups is 2. The standard InChI is InChI=1S/C17H19ClO3/c18-15-6-4-5-14(11-15)17(12-19,13-20)9-10-21-16-7-2-1-3-8-16/h1-8,11,19-20H,9-10,12-13H2. The molecule has 2 rings (SSSR count). The first-order valence-electron chi connectivity index (χ1n) is 6.86. The third-order valence-electron chi connectivity index (χ3n) is 3.63. The third-order valence-corrected chi connectivity index (χ3v) is 3.87. The van der Waals surface area contributed by atoms with Crippen molar-refractivity contribution in [3.63, 3.8) is 0 Å². The van der Waals surface area contributed by atoms with Crippen molar-refractivity contribution < 1.29 is 14.9 Å². The van der Waals surface area contributed by atoms with Gasteiger partial charge in [0.05, 0.1) is 19.8 Å². The zero-order valence-electron chi connectivity index (χ0n) is 11.7. The molecule has 2 aromatic rings. The summed E-state index contributed by atoms with van der Waals surface area (Å²) in [5, 5.41) is 20.1. The van der Waals surface area contributed by atoms with E-state index in [4.69, 9.17) is 16.3 Å². The van der Waals surface area contributed by atoms with Crippen LogP contribution in [-0.4, -0.2) is 30.0 Å². The molecule has 2 N–H and O–H groups in total. The molecule has 0 aliphatic carbocycles. The molecule has 0 saturated heterocycles. The lowest BCUT2D eigenvalue weighted by Gasteiger charge is -2.30. The second kappa shape index (κ2) is 7.46. The molecular formula is C17H19ClO3. The molecule has 21 heavy (non-hydrogen) atoms. The van der Waals surface area contributed by atoms with E-state index < -0.39 is 5.41 Å². The largest absolute Gasteiger partial charge is 0.494 e. The number of para-hydroxylation sites is 1. The van der Waals surface area contributed by atoms with Crippen molar-refractivity contribution in [3.05, 3.63) is 65.2 Å². The highest BCUT2D eigenvalue weighted by Gasteiger charge is 2.31. The zero-order valence-corrected chi connectivity index (χ0v) is 12.5. The molecule has 0 aliphatic heterocycles. The molecule has 0 amide bonds. The molecule has 0 unspecified atom stereocenters. The Bertz CT molecular complexity index is 553. The van der Waals surface area contributed by atoms with Crippen LogP contribution >= 0.6 is 11.6 Å². The summed E-state index contributed by atoms with van der Waals surface area (Å²) >= 11 is 6.00. The lowest BCUT2D eigenvalue weighted by molar-refractivity contribution is 0.0952. The first-order valence-corrected chi connectivity index (χ1v) is 7.23. The van der Waals surface area contributed by atoms with Gasteiger partial charge in [-0.1, -0.05) is 41.9 Å². The number of hydrogen-bond donors (Lipinski definition) is 2. The van der Waals surface area contributed by atoms with Gasteiger partial charge in [-0.05, 0) is 36.2 Å². The van der Waals surface area contributed by atoms with Crippen LogP contribution in [0.25, 0.3) is 0 Å². The summed E-state index contributed by atoms with van der Waals surface area (Å²) in [7, 11) is 0. The van der Waals surface area contributed by atoms with Crippen molar-refractivity contribution in [1.82, 2.24) is 0 Å². The minimum atomic E-state index is -0.750. The van der Waals surface area contributed by atoms with E-state index in [2.05, 4.69) is 0 Å². The Kier molecular flexibility index (Phi) is 5.62. The Labute approximate surface area is 129 Å². The highest BCUT2D eigenvalue weighted by Crippen LogP contribution is 2.29. The smallest absolute Gasteiger partial charge is 0.119 e. The highest BCUT2D eigenvalue weighted by molar-refractivity contribution is 6.30. The van der Waals surface area contributed by atoms with Crippen molar-refractivity contribution in [2.75, 3.05) is 19.8 Å². The molecule has 4 heteroatoms. The second-order valence-electron chi connectivity index (χ2n) is 5.02. The van der Waals surface area contributed by atoms with E-state index in [0.29, 0.717) is 18.1 Å². The average Bonchev–Trinajstić information content (AvgIpc) is 2.53. The van der Waals surface area contributed by atoms with Gasteiger partial charge in [0.2, 0.25) is 0 Å². The minimum Gasteiger partial charge on any atom is -0.494 e. The molecule has 0 atom stereocenters. The maximum atomic E-state index is 9.76. The maximum Gasteiger partial charge on any atom is 0.119 e. The van der Waals surface area contributed by atoms with Crippen LogP contribution in [0.5, 0.6) is 5.75 Å². The van der Waals surface area contributed by atoms with Crippen LogP contribution in [0.2, 0.25) is 5.02 Å². The fourth-order valence-electron chi connectivity index (χ4n) is 2.23. The minimum absolute atomic E-state index is 0.165. The molecule has 0 bridgehead atoms. The van der Waals surface area contributed by atoms with Gasteiger partial charge < -0.3 is 14.9 Å². The van der Waals surface area contributed by atoms with Gasteiger partial charge in [0.15, 0.2) is 0 Å². The molecular weight excluding hydrogens is 288 g/mol. The zero-order chi connectivity index (χ0) is 15.1. The molecule has 0 spiro atoms. The first kappa shape index (κ1) is 15.8. The Morgan fingerprint density at radius 2 is 1.67 bits per heavy atom. The Morgan fingerprint density at radius 1 is 0.952 bits per heavy atom. The molecule has 2 aromatic carbocycles. The average molecular weight is 307 g/mol. The topological polar surface area (TPSA) is 49.7 Å². The van der Waals surface area contributed by atoms with Gasteiger partial charge in [-0.2, -0.15) is 0 Å². The van der Waals surface area contributed by atoms with Gasteiger partial charge in [-0.15, -0.1) is 0 Å². The van der Waals surface area contributed by atoms with Crippen LogP contribution in [0.15, 0.2) is 54.6 Å². The molecule has 0 aliphatic rings. The van der Waals surface area contributed by atoms with E-state index >= 15 is 0 Å². The number of hydrogen-bond acceptors (Lipinski definition) is 3. The van der Waals surface area contributed by atoms with Gasteiger partial charge in [0.25, 0.3) is 0 Å². The molecule has 112 valence electrons. The van der Waals surface area contributed by atoms with Gasteiger partial charge in [0.1, 0.15) is 5.75 Å². The van der Waals surface area contributed by atoms with Crippen LogP contribution in [0.4, 0.5) is 0 Å². The summed E-state index contributed by atoms with van der Waals surface area (Å²) < 4.78 is 5.66. The summed E-state index contributed by atoms with van der Waals surface area (Å²) in [5.74, 6) is 0.772. The number of ether oxygens (including phenoxy) is 1. The lowest BCUT2D eigenvalue weighted by Crippen LogP contribution is -2.36. The fourth-order valence-corrected chi connectivity index (χ4v) is 2.42. The number of halogens is 1. The molecule has 0 fully saturated rings. The predicted octanol–water partition coefficient (Wildman–Crippen LogP) is 3.03. The lowest BCUT2D eigenvalue weighted by atomic mass is 9.79. The maximum absolute atomic E-state index is 9.76. The van der Waals surface area contributed by atoms with Gasteiger partial charge in [-0.25, -0.2) is 0 Å². The van der Waals surface area contributed by atoms with Crippen LogP contribution in [0, 0.1) is 0 Å². The molecule has 0 heterocycles. The Morgan fingerprint density at radius 3 is 2.29 bits per heavy atom. The molecule has 0 saturated carbocycles. The number of rotatable bonds is 7. The summed E-state index contributed by atoms with van der Waals surface area (Å²) in [4.78, 5) is 0. The fraction of sp³-hybridized carbons (Fsp3) is 0.294. The summed E-state index contributed by atoms with van der Waals surface area (Å²) in [6.07, 6.45) is 0.495. The van der Waals surface area contributed by atoms with E-state index in [1.54, 1.807) is 12.1 Å². The van der Waals surface area contributed by atoms with Gasteiger partial charge >= 0.3 is 0 Å². The van der Waals surface area contributed by atoms with Gasteiger partial charge in [0, 0.05) is 10.4 Å². The van der Waals surface area contributed by atoms with Crippen LogP contribution in [0.3, 0.4) is 0 Å². The number of benzene rings is 2.